The van der Waals surface area contributed by atoms with Gasteiger partial charge in [-0.1, -0.05) is 6.92 Å². The summed E-state index contributed by atoms with van der Waals surface area (Å²) in [5.74, 6) is 6.14. The molecule has 0 fully saturated rings. The van der Waals surface area contributed by atoms with E-state index < -0.39 is 0 Å². The highest BCUT2D eigenvalue weighted by molar-refractivity contribution is 5.25. The Morgan fingerprint density at radius 3 is 2.63 bits per heavy atom. The van der Waals surface area contributed by atoms with Crippen molar-refractivity contribution in [2.24, 2.45) is 7.05 Å². The molecule has 1 atom stereocenters. The molecule has 1 aromatic rings. The van der Waals surface area contributed by atoms with Crippen LogP contribution in [0.3, 0.4) is 0 Å². The lowest BCUT2D eigenvalue weighted by Gasteiger charge is -2.17. The summed E-state index contributed by atoms with van der Waals surface area (Å²) in [6.45, 7) is 9.44. The molecular weight excluding hydrogens is 234 g/mol. The Labute approximate surface area is 117 Å². The molecule has 0 spiro atoms. The molecule has 0 aliphatic heterocycles. The molecule has 106 valence electrons. The smallest absolute Gasteiger partial charge is 0.0628 e. The molecule has 0 aromatic carbocycles. The van der Waals surface area contributed by atoms with E-state index in [1.54, 1.807) is 0 Å². The lowest BCUT2D eigenvalue weighted by Crippen LogP contribution is -2.32. The van der Waals surface area contributed by atoms with Gasteiger partial charge in [-0.05, 0) is 52.1 Å². The summed E-state index contributed by atoms with van der Waals surface area (Å²) >= 11 is 0. The second kappa shape index (κ2) is 8.01. The number of hydrogen-bond acceptors (Lipinski definition) is 2. The highest BCUT2D eigenvalue weighted by Gasteiger charge is 2.15. The van der Waals surface area contributed by atoms with Crippen molar-refractivity contribution in [3.8, 4) is 11.8 Å². The summed E-state index contributed by atoms with van der Waals surface area (Å²) in [6.07, 6.45) is 4.29. The van der Waals surface area contributed by atoms with Gasteiger partial charge in [0.1, 0.15) is 0 Å². The van der Waals surface area contributed by atoms with Gasteiger partial charge in [0.15, 0.2) is 0 Å². The van der Waals surface area contributed by atoms with Crippen LogP contribution in [0, 0.1) is 25.7 Å². The van der Waals surface area contributed by atoms with Crippen LogP contribution in [0.4, 0.5) is 0 Å². The second-order valence-electron chi connectivity index (χ2n) is 5.09. The molecule has 0 saturated heterocycles. The molecule has 19 heavy (non-hydrogen) atoms. The Morgan fingerprint density at radius 2 is 2.11 bits per heavy atom. The summed E-state index contributed by atoms with van der Waals surface area (Å²) in [6, 6.07) is 0.502. The summed E-state index contributed by atoms with van der Waals surface area (Å²) in [7, 11) is 2.02. The normalized spacial score (nSPS) is 12.1. The molecule has 3 nitrogen and oxygen atoms in total. The maximum Gasteiger partial charge on any atom is 0.0628 e. The molecule has 3 heteroatoms. The number of aryl methyl sites for hydroxylation is 2. The van der Waals surface area contributed by atoms with Crippen LogP contribution >= 0.6 is 0 Å². The van der Waals surface area contributed by atoms with Gasteiger partial charge in [0.05, 0.1) is 5.69 Å². The van der Waals surface area contributed by atoms with Gasteiger partial charge < -0.3 is 5.32 Å². The number of hydrogen-bond donors (Lipinski definition) is 1. The van der Waals surface area contributed by atoms with Crippen molar-refractivity contribution in [2.45, 2.75) is 59.4 Å². The van der Waals surface area contributed by atoms with Gasteiger partial charge in [-0.25, -0.2) is 0 Å². The number of rotatable bonds is 7. The Balaban J connectivity index is 2.71. The maximum absolute atomic E-state index is 4.50. The number of nitrogens with one attached hydrogen (secondary N) is 1. The van der Waals surface area contributed by atoms with Crippen molar-refractivity contribution in [1.82, 2.24) is 15.1 Å². The van der Waals surface area contributed by atoms with Crippen LogP contribution < -0.4 is 5.32 Å². The van der Waals surface area contributed by atoms with E-state index in [0.29, 0.717) is 6.04 Å². The Bertz CT molecular complexity index is 449. The van der Waals surface area contributed by atoms with Gasteiger partial charge in [0.25, 0.3) is 0 Å². The van der Waals surface area contributed by atoms with Crippen molar-refractivity contribution in [2.75, 3.05) is 6.54 Å². The molecule has 1 rings (SSSR count). The molecule has 0 amide bonds. The topological polar surface area (TPSA) is 29.9 Å². The van der Waals surface area contributed by atoms with E-state index in [1.165, 1.54) is 17.7 Å². The quantitative estimate of drug-likeness (QED) is 0.765. The number of nitrogens with zero attached hydrogens (tertiary/aromatic N) is 2. The zero-order chi connectivity index (χ0) is 14.3. The molecule has 0 bridgehead atoms. The van der Waals surface area contributed by atoms with E-state index in [2.05, 4.69) is 43.0 Å². The minimum absolute atomic E-state index is 0.502. The van der Waals surface area contributed by atoms with Crippen LogP contribution in [-0.2, 0) is 13.5 Å². The lowest BCUT2D eigenvalue weighted by molar-refractivity contribution is 0.481. The van der Waals surface area contributed by atoms with Gasteiger partial charge in [0, 0.05) is 25.2 Å². The molecule has 0 aliphatic rings. The van der Waals surface area contributed by atoms with Crippen LogP contribution in [0.5, 0.6) is 0 Å². The summed E-state index contributed by atoms with van der Waals surface area (Å²) < 4.78 is 1.98. The Morgan fingerprint density at radius 1 is 1.37 bits per heavy atom. The minimum Gasteiger partial charge on any atom is -0.314 e. The molecule has 1 N–H and O–H groups in total. The van der Waals surface area contributed by atoms with Gasteiger partial charge in [-0.15, -0.1) is 11.8 Å². The van der Waals surface area contributed by atoms with Gasteiger partial charge >= 0.3 is 0 Å². The molecule has 0 aliphatic carbocycles. The van der Waals surface area contributed by atoms with Crippen molar-refractivity contribution < 1.29 is 0 Å². The zero-order valence-electron chi connectivity index (χ0n) is 13.0. The number of aromatic nitrogens is 2. The van der Waals surface area contributed by atoms with Crippen LogP contribution in [0.15, 0.2) is 0 Å². The fourth-order valence-electron chi connectivity index (χ4n) is 2.36. The van der Waals surface area contributed by atoms with Gasteiger partial charge in [-0.3, -0.25) is 4.68 Å². The third-order valence-electron chi connectivity index (χ3n) is 3.59. The van der Waals surface area contributed by atoms with Crippen molar-refractivity contribution in [1.29, 1.82) is 0 Å². The SMILES string of the molecule is CC#CCCC(Cc1c(C)nn(C)c1C)NCCC. The third kappa shape index (κ3) is 4.72. The molecule has 1 aromatic heterocycles. The lowest BCUT2D eigenvalue weighted by atomic mass is 10.00. The summed E-state index contributed by atoms with van der Waals surface area (Å²) in [5, 5.41) is 8.14. The summed E-state index contributed by atoms with van der Waals surface area (Å²) in [4.78, 5) is 0. The average molecular weight is 261 g/mol. The van der Waals surface area contributed by atoms with Crippen LogP contribution in [0.2, 0.25) is 0 Å². The van der Waals surface area contributed by atoms with E-state index >= 15 is 0 Å². The molecule has 1 heterocycles. The minimum atomic E-state index is 0.502. The Hall–Kier alpha value is -1.27. The first-order valence-corrected chi connectivity index (χ1v) is 7.22. The maximum atomic E-state index is 4.50. The standard InChI is InChI=1S/C16H27N3/c1-6-8-9-10-15(17-11-7-2)12-16-13(3)18-19(5)14(16)4/h15,17H,7,9-12H2,1-5H3. The van der Waals surface area contributed by atoms with Crippen molar-refractivity contribution in [3.05, 3.63) is 17.0 Å². The fourth-order valence-corrected chi connectivity index (χ4v) is 2.36. The second-order valence-corrected chi connectivity index (χ2v) is 5.09. The predicted molar refractivity (Wildman–Crippen MR) is 81.2 cm³/mol. The predicted octanol–water partition coefficient (Wildman–Crippen LogP) is 2.75. The highest BCUT2D eigenvalue weighted by Crippen LogP contribution is 2.16. The van der Waals surface area contributed by atoms with Crippen molar-refractivity contribution >= 4 is 0 Å². The van der Waals surface area contributed by atoms with Crippen LogP contribution in [0.1, 0.15) is 50.1 Å². The monoisotopic (exact) mass is 261 g/mol. The zero-order valence-corrected chi connectivity index (χ0v) is 13.0. The summed E-state index contributed by atoms with van der Waals surface area (Å²) in [5.41, 5.74) is 3.83. The van der Waals surface area contributed by atoms with Crippen molar-refractivity contribution in [3.63, 3.8) is 0 Å². The average Bonchev–Trinajstić information content (AvgIpc) is 2.62. The first-order valence-electron chi connectivity index (χ1n) is 7.22. The largest absolute Gasteiger partial charge is 0.314 e. The van der Waals surface area contributed by atoms with E-state index in [-0.39, 0.29) is 0 Å². The van der Waals surface area contributed by atoms with Gasteiger partial charge in [0.2, 0.25) is 0 Å². The first kappa shape index (κ1) is 15.8. The van der Waals surface area contributed by atoms with E-state index in [1.807, 2.05) is 18.7 Å². The van der Waals surface area contributed by atoms with Crippen LogP contribution in [0.25, 0.3) is 0 Å². The molecule has 0 radical (unpaired) electrons. The van der Waals surface area contributed by atoms with E-state index in [9.17, 15) is 0 Å². The molecule has 0 saturated carbocycles. The van der Waals surface area contributed by atoms with Crippen LogP contribution in [-0.4, -0.2) is 22.4 Å². The molecular formula is C16H27N3. The van der Waals surface area contributed by atoms with E-state index in [4.69, 9.17) is 0 Å². The van der Waals surface area contributed by atoms with Gasteiger partial charge in [-0.2, -0.15) is 5.10 Å². The molecule has 1 unspecified atom stereocenters. The Kier molecular flexibility index (Phi) is 6.66. The highest BCUT2D eigenvalue weighted by atomic mass is 15.3. The third-order valence-corrected chi connectivity index (χ3v) is 3.59. The first-order chi connectivity index (χ1) is 9.10. The fraction of sp³-hybridized carbons (Fsp3) is 0.688. The van der Waals surface area contributed by atoms with E-state index in [0.717, 1.165) is 31.5 Å².